The lowest BCUT2D eigenvalue weighted by atomic mass is 10.2. The van der Waals surface area contributed by atoms with E-state index in [1.165, 1.54) is 0 Å². The summed E-state index contributed by atoms with van der Waals surface area (Å²) in [6.45, 7) is 0.500. The molecule has 0 saturated heterocycles. The molecule has 0 aliphatic rings. The number of rotatable bonds is 8. The lowest BCUT2D eigenvalue weighted by Gasteiger charge is -2.11. The van der Waals surface area contributed by atoms with Gasteiger partial charge in [0, 0.05) is 11.6 Å². The van der Waals surface area contributed by atoms with Crippen LogP contribution in [-0.4, -0.2) is 24.6 Å². The Morgan fingerprint density at radius 1 is 1.04 bits per heavy atom. The predicted octanol–water partition coefficient (Wildman–Crippen LogP) is 4.37. The quantitative estimate of drug-likeness (QED) is 0.590. The Labute approximate surface area is 168 Å². The van der Waals surface area contributed by atoms with Gasteiger partial charge in [0.05, 0.1) is 19.0 Å². The monoisotopic (exact) mass is 397 g/mol. The van der Waals surface area contributed by atoms with Crippen LogP contribution in [-0.2, 0) is 11.3 Å². The van der Waals surface area contributed by atoms with Crippen LogP contribution in [0, 0.1) is 0 Å². The van der Waals surface area contributed by atoms with E-state index >= 15 is 0 Å². The van der Waals surface area contributed by atoms with Crippen LogP contribution in [0.1, 0.15) is 5.56 Å². The number of pyridine rings is 1. The number of carbonyl (C=O) groups is 1. The van der Waals surface area contributed by atoms with E-state index in [1.54, 1.807) is 37.6 Å². The van der Waals surface area contributed by atoms with Crippen molar-refractivity contribution in [1.29, 1.82) is 0 Å². The van der Waals surface area contributed by atoms with Gasteiger partial charge in [0.15, 0.2) is 18.1 Å². The average molecular weight is 398 g/mol. The lowest BCUT2D eigenvalue weighted by Crippen LogP contribution is -2.20. The first-order chi connectivity index (χ1) is 13.6. The Bertz CT molecular complexity index is 915. The third-order valence-electron chi connectivity index (χ3n) is 3.86. The van der Waals surface area contributed by atoms with E-state index in [1.807, 2.05) is 36.4 Å². The number of halogens is 1. The summed E-state index contributed by atoms with van der Waals surface area (Å²) in [5.41, 5.74) is 1.68. The van der Waals surface area contributed by atoms with E-state index in [9.17, 15) is 4.79 Å². The van der Waals surface area contributed by atoms with Crippen molar-refractivity contribution in [1.82, 2.24) is 4.98 Å². The highest BCUT2D eigenvalue weighted by atomic mass is 35.5. The Morgan fingerprint density at radius 2 is 1.79 bits per heavy atom. The Morgan fingerprint density at radius 3 is 2.46 bits per heavy atom. The minimum atomic E-state index is -0.283. The zero-order valence-corrected chi connectivity index (χ0v) is 16.1. The molecule has 1 amide bonds. The van der Waals surface area contributed by atoms with Gasteiger partial charge in [-0.2, -0.15) is 0 Å². The summed E-state index contributed by atoms with van der Waals surface area (Å²) in [5.74, 6) is 1.51. The fourth-order valence-corrected chi connectivity index (χ4v) is 2.57. The highest BCUT2D eigenvalue weighted by molar-refractivity contribution is 6.30. The van der Waals surface area contributed by atoms with Gasteiger partial charge in [-0.05, 0) is 42.0 Å². The molecule has 0 radical (unpaired) electrons. The standard InChI is InChI=1S/C21H20ClN3O3/c1-27-18-4-2-3-5-19(18)28-14-21(26)25-17-10-11-20(24-13-17)23-12-15-6-8-16(22)9-7-15/h2-11,13H,12,14H2,1H3,(H,23,24)(H,25,26). The number of nitrogens with one attached hydrogen (secondary N) is 2. The van der Waals surface area contributed by atoms with Crippen molar-refractivity contribution in [3.8, 4) is 11.5 Å². The molecule has 3 rings (SSSR count). The molecule has 0 bridgehead atoms. The summed E-state index contributed by atoms with van der Waals surface area (Å²) in [6, 6.07) is 18.3. The van der Waals surface area contributed by atoms with E-state index in [4.69, 9.17) is 21.1 Å². The molecule has 0 spiro atoms. The van der Waals surface area contributed by atoms with Crippen molar-refractivity contribution < 1.29 is 14.3 Å². The van der Waals surface area contributed by atoms with Crippen LogP contribution in [0.4, 0.5) is 11.5 Å². The van der Waals surface area contributed by atoms with Crippen molar-refractivity contribution in [3.63, 3.8) is 0 Å². The SMILES string of the molecule is COc1ccccc1OCC(=O)Nc1ccc(NCc2ccc(Cl)cc2)nc1. The third kappa shape index (κ3) is 5.62. The Balaban J connectivity index is 1.48. The van der Waals surface area contributed by atoms with Crippen LogP contribution in [0.2, 0.25) is 5.02 Å². The number of para-hydroxylation sites is 2. The van der Waals surface area contributed by atoms with Crippen LogP contribution < -0.4 is 20.1 Å². The van der Waals surface area contributed by atoms with Gasteiger partial charge in [0.1, 0.15) is 5.82 Å². The number of hydrogen-bond donors (Lipinski definition) is 2. The van der Waals surface area contributed by atoms with Crippen LogP contribution >= 0.6 is 11.6 Å². The smallest absolute Gasteiger partial charge is 0.262 e. The number of hydrogen-bond acceptors (Lipinski definition) is 5. The number of benzene rings is 2. The lowest BCUT2D eigenvalue weighted by molar-refractivity contribution is -0.118. The number of ether oxygens (including phenoxy) is 2. The number of methoxy groups -OCH3 is 1. The Kier molecular flexibility index (Phi) is 6.70. The van der Waals surface area contributed by atoms with Gasteiger partial charge in [-0.25, -0.2) is 4.98 Å². The van der Waals surface area contributed by atoms with Crippen molar-refractivity contribution in [2.45, 2.75) is 6.54 Å². The third-order valence-corrected chi connectivity index (χ3v) is 4.11. The molecule has 0 unspecified atom stereocenters. The van der Waals surface area contributed by atoms with E-state index in [2.05, 4.69) is 15.6 Å². The van der Waals surface area contributed by atoms with Crippen molar-refractivity contribution in [2.24, 2.45) is 0 Å². The first-order valence-corrected chi connectivity index (χ1v) is 9.02. The number of amides is 1. The second-order valence-electron chi connectivity index (χ2n) is 5.90. The number of aromatic nitrogens is 1. The largest absolute Gasteiger partial charge is 0.493 e. The molecule has 3 aromatic rings. The second kappa shape index (κ2) is 9.62. The molecule has 0 saturated carbocycles. The molecular formula is C21H20ClN3O3. The van der Waals surface area contributed by atoms with Crippen LogP contribution in [0.3, 0.4) is 0 Å². The molecule has 2 N–H and O–H groups in total. The zero-order valence-electron chi connectivity index (χ0n) is 15.3. The van der Waals surface area contributed by atoms with Gasteiger partial charge in [0.2, 0.25) is 0 Å². The minimum absolute atomic E-state index is 0.128. The molecule has 1 aromatic heterocycles. The summed E-state index contributed by atoms with van der Waals surface area (Å²) in [6.07, 6.45) is 1.59. The van der Waals surface area contributed by atoms with Crippen LogP contribution in [0.15, 0.2) is 66.9 Å². The minimum Gasteiger partial charge on any atom is -0.493 e. The number of carbonyl (C=O) groups excluding carboxylic acids is 1. The fourth-order valence-electron chi connectivity index (χ4n) is 2.45. The molecule has 0 atom stereocenters. The molecule has 144 valence electrons. The molecule has 6 nitrogen and oxygen atoms in total. The predicted molar refractivity (Wildman–Crippen MR) is 110 cm³/mol. The van der Waals surface area contributed by atoms with Crippen molar-refractivity contribution in [2.75, 3.05) is 24.4 Å². The maximum atomic E-state index is 12.1. The van der Waals surface area contributed by atoms with E-state index in [0.717, 1.165) is 5.56 Å². The number of nitrogens with zero attached hydrogens (tertiary/aromatic N) is 1. The fraction of sp³-hybridized carbons (Fsp3) is 0.143. The van der Waals surface area contributed by atoms with E-state index in [0.29, 0.717) is 34.6 Å². The first-order valence-electron chi connectivity index (χ1n) is 8.64. The normalized spacial score (nSPS) is 10.2. The van der Waals surface area contributed by atoms with Crippen molar-refractivity contribution in [3.05, 3.63) is 77.4 Å². The molecular weight excluding hydrogens is 378 g/mol. The maximum absolute atomic E-state index is 12.1. The summed E-state index contributed by atoms with van der Waals surface area (Å²) in [4.78, 5) is 16.4. The molecule has 0 fully saturated rings. The molecule has 0 aliphatic heterocycles. The molecule has 1 heterocycles. The van der Waals surface area contributed by atoms with Crippen molar-refractivity contribution >= 4 is 29.0 Å². The van der Waals surface area contributed by atoms with Gasteiger partial charge in [-0.3, -0.25) is 4.79 Å². The maximum Gasteiger partial charge on any atom is 0.262 e. The first kappa shape index (κ1) is 19.5. The Hall–Kier alpha value is -3.25. The summed E-state index contributed by atoms with van der Waals surface area (Å²) >= 11 is 5.88. The van der Waals surface area contributed by atoms with Gasteiger partial charge in [-0.15, -0.1) is 0 Å². The molecule has 2 aromatic carbocycles. The molecule has 7 heteroatoms. The summed E-state index contributed by atoms with van der Waals surface area (Å²) < 4.78 is 10.7. The highest BCUT2D eigenvalue weighted by Gasteiger charge is 2.07. The average Bonchev–Trinajstić information content (AvgIpc) is 2.73. The second-order valence-corrected chi connectivity index (χ2v) is 6.34. The van der Waals surface area contributed by atoms with Crippen LogP contribution in [0.5, 0.6) is 11.5 Å². The number of anilines is 2. The topological polar surface area (TPSA) is 72.5 Å². The van der Waals surface area contributed by atoms with Gasteiger partial charge >= 0.3 is 0 Å². The van der Waals surface area contributed by atoms with E-state index in [-0.39, 0.29) is 12.5 Å². The zero-order chi connectivity index (χ0) is 19.8. The highest BCUT2D eigenvalue weighted by Crippen LogP contribution is 2.25. The molecule has 0 aliphatic carbocycles. The summed E-state index contributed by atoms with van der Waals surface area (Å²) in [5, 5.41) is 6.67. The van der Waals surface area contributed by atoms with Gasteiger partial charge in [0.25, 0.3) is 5.91 Å². The van der Waals surface area contributed by atoms with E-state index < -0.39 is 0 Å². The van der Waals surface area contributed by atoms with Gasteiger partial charge in [-0.1, -0.05) is 35.9 Å². The summed E-state index contributed by atoms with van der Waals surface area (Å²) in [7, 11) is 1.55. The van der Waals surface area contributed by atoms with Crippen LogP contribution in [0.25, 0.3) is 0 Å². The molecule has 28 heavy (non-hydrogen) atoms. The van der Waals surface area contributed by atoms with Gasteiger partial charge < -0.3 is 20.1 Å².